The van der Waals surface area contributed by atoms with Gasteiger partial charge in [0.1, 0.15) is 27.2 Å². The number of imidazole rings is 1. The van der Waals surface area contributed by atoms with Gasteiger partial charge in [-0.1, -0.05) is 0 Å². The maximum Gasteiger partial charge on any atom is 0.227 e. The number of hydrogen-bond donors (Lipinski definition) is 2. The van der Waals surface area contributed by atoms with Crippen molar-refractivity contribution in [2.24, 2.45) is 7.05 Å². The van der Waals surface area contributed by atoms with Crippen molar-refractivity contribution in [3.8, 4) is 0 Å². The van der Waals surface area contributed by atoms with Crippen molar-refractivity contribution in [3.63, 3.8) is 0 Å². The van der Waals surface area contributed by atoms with E-state index in [1.54, 1.807) is 6.07 Å². The molecular weight excluding hydrogens is 731 g/mol. The first-order chi connectivity index (χ1) is 25.3. The first-order valence-corrected chi connectivity index (χ1v) is 20.9. The van der Waals surface area contributed by atoms with Crippen LogP contribution in [0.4, 0.5) is 27.9 Å². The van der Waals surface area contributed by atoms with Crippen molar-refractivity contribution < 1.29 is 22.3 Å². The monoisotopic (exact) mass is 772 g/mol. The molecule has 0 bridgehead atoms. The maximum absolute atomic E-state index is 13.6. The molecular formula is C34H42ClFN10O4S2. The van der Waals surface area contributed by atoms with Crippen molar-refractivity contribution in [1.82, 2.24) is 29.5 Å². The molecule has 3 saturated heterocycles. The Morgan fingerprint density at radius 1 is 0.769 bits per heavy atom. The largest absolute Gasteiger partial charge is 0.381 e. The molecule has 0 aliphatic carbocycles. The van der Waals surface area contributed by atoms with Gasteiger partial charge in [-0.25, -0.2) is 19.3 Å². The molecule has 18 heteroatoms. The van der Waals surface area contributed by atoms with Crippen LogP contribution >= 0.6 is 11.6 Å². The van der Waals surface area contributed by atoms with E-state index in [1.807, 2.05) is 11.6 Å². The van der Waals surface area contributed by atoms with E-state index >= 15 is 0 Å². The molecule has 5 aliphatic rings. The number of nitrogens with zero attached hydrogens (tertiary/aromatic N) is 8. The number of ether oxygens (including phenoxy) is 2. The fourth-order valence-corrected chi connectivity index (χ4v) is 10.1. The summed E-state index contributed by atoms with van der Waals surface area (Å²) >= 11 is 5.91. The van der Waals surface area contributed by atoms with Gasteiger partial charge < -0.3 is 34.5 Å². The summed E-state index contributed by atoms with van der Waals surface area (Å²) in [7, 11) is -0.0871. The lowest BCUT2D eigenvalue weighted by molar-refractivity contribution is 0.0902. The van der Waals surface area contributed by atoms with Crippen LogP contribution in [0, 0.1) is 5.82 Å². The highest BCUT2D eigenvalue weighted by molar-refractivity contribution is 7.85. The number of nitrogens with one attached hydrogen (secondary N) is 2. The van der Waals surface area contributed by atoms with E-state index in [0.717, 1.165) is 123 Å². The van der Waals surface area contributed by atoms with E-state index < -0.39 is 21.6 Å². The summed E-state index contributed by atoms with van der Waals surface area (Å²) in [5.74, 6) is 3.85. The first-order valence-electron chi connectivity index (χ1n) is 17.8. The first kappa shape index (κ1) is 35.5. The van der Waals surface area contributed by atoms with Gasteiger partial charge in [-0.2, -0.15) is 9.97 Å². The minimum Gasteiger partial charge on any atom is -0.381 e. The molecule has 278 valence electrons. The number of aromatic nitrogens is 6. The van der Waals surface area contributed by atoms with Crippen molar-refractivity contribution >= 4 is 67.8 Å². The third-order valence-electron chi connectivity index (χ3n) is 10.1. The third-order valence-corrected chi connectivity index (χ3v) is 13.2. The van der Waals surface area contributed by atoms with Gasteiger partial charge in [0.2, 0.25) is 17.2 Å². The van der Waals surface area contributed by atoms with Crippen LogP contribution in [-0.4, -0.2) is 114 Å². The van der Waals surface area contributed by atoms with E-state index in [2.05, 4.69) is 35.4 Å². The molecule has 2 atom stereocenters. The molecule has 2 unspecified atom stereocenters. The molecule has 14 nitrogen and oxygen atoms in total. The summed E-state index contributed by atoms with van der Waals surface area (Å²) in [5, 5.41) is 7.12. The van der Waals surface area contributed by atoms with Crippen molar-refractivity contribution in [3.05, 3.63) is 40.7 Å². The lowest BCUT2D eigenvalue weighted by atomic mass is 10.1. The van der Waals surface area contributed by atoms with Gasteiger partial charge in [-0.05, 0) is 49.4 Å². The Balaban J connectivity index is 0.000000181. The Hall–Kier alpha value is -3.51. The fraction of sp³-hybridized carbons (Fsp3) is 0.559. The second-order valence-corrected chi connectivity index (χ2v) is 16.9. The van der Waals surface area contributed by atoms with Gasteiger partial charge >= 0.3 is 0 Å². The lowest BCUT2D eigenvalue weighted by Gasteiger charge is -2.35. The SMILES string of the molecule is Cn1c(N2CCN(c3nc4c(c(NC5CCOCC5)n3)S(=O)CC4)CC2)nc2cc(F)ccc21.O=S1CCc2nc(Cl)nc(NC3CCOCC3)c21. The molecule has 52 heavy (non-hydrogen) atoms. The average molecular weight is 773 g/mol. The summed E-state index contributed by atoms with van der Waals surface area (Å²) in [6.07, 6.45) is 5.14. The molecule has 5 aliphatic heterocycles. The highest BCUT2D eigenvalue weighted by Crippen LogP contribution is 2.33. The van der Waals surface area contributed by atoms with Crippen molar-refractivity contribution in [2.75, 3.05) is 84.5 Å². The van der Waals surface area contributed by atoms with Crippen LogP contribution in [0.3, 0.4) is 0 Å². The topological polar surface area (TPSA) is 153 Å². The predicted molar refractivity (Wildman–Crippen MR) is 199 cm³/mol. The van der Waals surface area contributed by atoms with E-state index in [1.165, 1.54) is 12.1 Å². The number of hydrogen-bond acceptors (Lipinski definition) is 13. The summed E-state index contributed by atoms with van der Waals surface area (Å²) < 4.78 is 51.1. The van der Waals surface area contributed by atoms with Gasteiger partial charge in [0.05, 0.1) is 44.0 Å². The van der Waals surface area contributed by atoms with E-state index in [0.29, 0.717) is 41.3 Å². The van der Waals surface area contributed by atoms with Crippen LogP contribution in [-0.2, 0) is 51.0 Å². The molecule has 0 spiro atoms. The number of piperazine rings is 1. The normalized spacial score (nSPS) is 22.2. The van der Waals surface area contributed by atoms with Crippen LogP contribution in [0.1, 0.15) is 37.1 Å². The molecule has 1 aromatic carbocycles. The summed E-state index contributed by atoms with van der Waals surface area (Å²) in [4.78, 5) is 28.6. The Morgan fingerprint density at radius 3 is 1.94 bits per heavy atom. The predicted octanol–water partition coefficient (Wildman–Crippen LogP) is 3.47. The zero-order valence-corrected chi connectivity index (χ0v) is 31.4. The number of benzene rings is 1. The third kappa shape index (κ3) is 7.47. The number of anilines is 4. The number of fused-ring (bicyclic) bond motifs is 3. The van der Waals surface area contributed by atoms with Gasteiger partial charge in [0.25, 0.3) is 0 Å². The number of halogens is 2. The van der Waals surface area contributed by atoms with Gasteiger partial charge in [0.15, 0.2) is 0 Å². The van der Waals surface area contributed by atoms with E-state index in [4.69, 9.17) is 31.0 Å². The molecule has 8 heterocycles. The molecule has 2 N–H and O–H groups in total. The highest BCUT2D eigenvalue weighted by atomic mass is 35.5. The van der Waals surface area contributed by atoms with Crippen molar-refractivity contribution in [2.45, 2.75) is 60.4 Å². The second kappa shape index (κ2) is 15.5. The van der Waals surface area contributed by atoms with Gasteiger partial charge in [-0.15, -0.1) is 0 Å². The number of aryl methyl sites for hydroxylation is 3. The zero-order valence-electron chi connectivity index (χ0n) is 29.0. The molecule has 4 aromatic rings. The van der Waals surface area contributed by atoms with Crippen LogP contribution in [0.5, 0.6) is 0 Å². The Bertz CT molecular complexity index is 2000. The Morgan fingerprint density at radius 2 is 1.33 bits per heavy atom. The maximum atomic E-state index is 13.6. The van der Waals surface area contributed by atoms with Crippen molar-refractivity contribution in [1.29, 1.82) is 0 Å². The lowest BCUT2D eigenvalue weighted by Crippen LogP contribution is -2.48. The molecule has 3 aromatic heterocycles. The van der Waals surface area contributed by atoms with Crippen LogP contribution in [0.15, 0.2) is 28.0 Å². The van der Waals surface area contributed by atoms with Gasteiger partial charge in [0, 0.05) is 102 Å². The molecule has 3 fully saturated rings. The van der Waals surface area contributed by atoms with Crippen LogP contribution in [0.2, 0.25) is 5.28 Å². The minimum atomic E-state index is -1.05. The van der Waals surface area contributed by atoms with Gasteiger partial charge in [-0.3, -0.25) is 8.42 Å². The summed E-state index contributed by atoms with van der Waals surface area (Å²) in [5.41, 5.74) is 3.30. The molecule has 0 saturated carbocycles. The molecule has 0 amide bonds. The Labute approximate surface area is 311 Å². The minimum absolute atomic E-state index is 0.224. The van der Waals surface area contributed by atoms with E-state index in [-0.39, 0.29) is 17.1 Å². The average Bonchev–Trinajstić information content (AvgIpc) is 3.83. The van der Waals surface area contributed by atoms with Crippen LogP contribution < -0.4 is 20.4 Å². The summed E-state index contributed by atoms with van der Waals surface area (Å²) in [6, 6.07) is 5.30. The fourth-order valence-electron chi connectivity index (χ4n) is 7.31. The smallest absolute Gasteiger partial charge is 0.227 e. The molecule has 0 radical (unpaired) electrons. The second-order valence-electron chi connectivity index (χ2n) is 13.5. The molecule has 9 rings (SSSR count). The standard InChI is InChI=1S/C23H28FN7O2S.C11H14ClN3O2S/c1-29-19-3-2-15(24)14-18(19)27-23(29)31-9-7-30(8-10-31)22-26-17-6-13-34(32)20(17)21(28-22)25-16-4-11-33-12-5-16;12-11-14-8-3-6-18(16)9(8)10(15-11)13-7-1-4-17-5-2-7/h2-3,14,16H,4-13H2,1H3,(H,25,26,28);7H,1-6H2,(H,13,14,15). The van der Waals surface area contributed by atoms with E-state index in [9.17, 15) is 12.8 Å². The Kier molecular flexibility index (Phi) is 10.6. The zero-order chi connectivity index (χ0) is 35.8. The van der Waals surface area contributed by atoms with Crippen LogP contribution in [0.25, 0.3) is 11.0 Å². The number of rotatable bonds is 6. The summed E-state index contributed by atoms with van der Waals surface area (Å²) in [6.45, 7) is 5.98. The highest BCUT2D eigenvalue weighted by Gasteiger charge is 2.31. The quantitative estimate of drug-likeness (QED) is 0.276.